The molecule has 4 N–H and O–H groups in total. The van der Waals surface area contributed by atoms with E-state index < -0.39 is 24.0 Å². The van der Waals surface area contributed by atoms with Crippen LogP contribution in [0.3, 0.4) is 0 Å². The number of rotatable bonds is 11. The molecule has 42 heavy (non-hydrogen) atoms. The van der Waals surface area contributed by atoms with E-state index in [9.17, 15) is 15.3 Å². The van der Waals surface area contributed by atoms with E-state index in [0.29, 0.717) is 60.1 Å². The average molecular weight is 580 g/mol. The number of aromatic hydroxyl groups is 1. The number of hydrogen-bond donors (Lipinski definition) is 4. The van der Waals surface area contributed by atoms with Crippen molar-refractivity contribution in [1.82, 2.24) is 5.32 Å². The molecule has 0 aliphatic carbocycles. The Morgan fingerprint density at radius 1 is 0.952 bits per heavy atom. The maximum atomic E-state index is 11.9. The van der Waals surface area contributed by atoms with Crippen LogP contribution >= 0.6 is 0 Å². The van der Waals surface area contributed by atoms with Gasteiger partial charge in [0.05, 0.1) is 33.0 Å². The first-order chi connectivity index (χ1) is 20.4. The molecule has 0 fully saturated rings. The van der Waals surface area contributed by atoms with Gasteiger partial charge in [0, 0.05) is 60.8 Å². The van der Waals surface area contributed by atoms with Crippen molar-refractivity contribution in [3.05, 3.63) is 76.3 Å². The molecule has 5 rings (SSSR count). The number of aliphatic hydroxyl groups excluding tert-OH is 2. The van der Waals surface area contributed by atoms with Crippen molar-refractivity contribution in [1.29, 1.82) is 0 Å². The quantitative estimate of drug-likeness (QED) is 0.247. The van der Waals surface area contributed by atoms with Crippen molar-refractivity contribution in [2.75, 3.05) is 41.6 Å². The standard InChI is InChI=1S/C33H41NO8/c1-34-17-21-14-29-24(16-28(21)40-4)32(37)30(27(42-29)9-6-10-38-2)26-18-41-33-20(11-19-7-5-8-22(35)12-19)13-23(39-3)15-25(33)31(26)36/h5,7-8,12-16,26-27,30-32,34-37H,6,9-11,17-18H2,1-4H3. The molecule has 0 saturated heterocycles. The van der Waals surface area contributed by atoms with Crippen molar-refractivity contribution >= 4 is 0 Å². The maximum Gasteiger partial charge on any atom is 0.128 e. The Balaban J connectivity index is 1.51. The van der Waals surface area contributed by atoms with E-state index in [1.807, 2.05) is 31.3 Å². The summed E-state index contributed by atoms with van der Waals surface area (Å²) in [5.41, 5.74) is 3.92. The predicted molar refractivity (Wildman–Crippen MR) is 158 cm³/mol. The first-order valence-corrected chi connectivity index (χ1v) is 14.4. The lowest BCUT2D eigenvalue weighted by atomic mass is 9.72. The van der Waals surface area contributed by atoms with Gasteiger partial charge in [-0.2, -0.15) is 0 Å². The molecule has 3 aromatic rings. The summed E-state index contributed by atoms with van der Waals surface area (Å²) in [6.07, 6.45) is -0.364. The Hall–Kier alpha value is -3.50. The van der Waals surface area contributed by atoms with Crippen molar-refractivity contribution in [3.8, 4) is 28.7 Å². The third kappa shape index (κ3) is 6.01. The number of methoxy groups -OCH3 is 3. The normalized spacial score (nSPS) is 22.9. The molecule has 0 spiro atoms. The molecule has 0 saturated carbocycles. The highest BCUT2D eigenvalue weighted by Gasteiger charge is 2.47. The number of ether oxygens (including phenoxy) is 5. The Morgan fingerprint density at radius 3 is 2.50 bits per heavy atom. The minimum Gasteiger partial charge on any atom is -0.508 e. The molecule has 9 heteroatoms. The van der Waals surface area contributed by atoms with Crippen molar-refractivity contribution in [3.63, 3.8) is 0 Å². The molecule has 2 heterocycles. The van der Waals surface area contributed by atoms with Crippen LogP contribution in [0.25, 0.3) is 0 Å². The number of fused-ring (bicyclic) bond motifs is 2. The SMILES string of the molecule is CNCc1cc2c(cc1OC)C(O)C(C1COc3c(Cc4cccc(O)c4)cc(OC)cc3C1O)C(CCCOC)O2. The second-order valence-electron chi connectivity index (χ2n) is 11.0. The lowest BCUT2D eigenvalue weighted by molar-refractivity contribution is -0.0889. The van der Waals surface area contributed by atoms with Crippen molar-refractivity contribution < 1.29 is 39.0 Å². The Morgan fingerprint density at radius 2 is 1.79 bits per heavy atom. The van der Waals surface area contributed by atoms with Crippen LogP contribution in [0.2, 0.25) is 0 Å². The molecule has 5 unspecified atom stereocenters. The van der Waals surface area contributed by atoms with E-state index in [-0.39, 0.29) is 18.5 Å². The smallest absolute Gasteiger partial charge is 0.128 e. The molecule has 0 aromatic heterocycles. The van der Waals surface area contributed by atoms with Gasteiger partial charge in [-0.25, -0.2) is 0 Å². The van der Waals surface area contributed by atoms with Gasteiger partial charge in [-0.05, 0) is 61.9 Å². The average Bonchev–Trinajstić information content (AvgIpc) is 2.98. The van der Waals surface area contributed by atoms with Gasteiger partial charge in [-0.15, -0.1) is 0 Å². The number of phenolic OH excluding ortho intramolecular Hbond substituents is 1. The van der Waals surface area contributed by atoms with E-state index in [1.54, 1.807) is 45.6 Å². The number of hydrogen-bond acceptors (Lipinski definition) is 9. The van der Waals surface area contributed by atoms with Crippen LogP contribution in [0.1, 0.15) is 52.9 Å². The van der Waals surface area contributed by atoms with E-state index in [4.69, 9.17) is 23.7 Å². The number of phenols is 1. The summed E-state index contributed by atoms with van der Waals surface area (Å²) in [4.78, 5) is 0. The molecule has 0 bridgehead atoms. The highest BCUT2D eigenvalue weighted by Crippen LogP contribution is 2.51. The van der Waals surface area contributed by atoms with Crippen LogP contribution < -0.4 is 24.3 Å². The second kappa shape index (κ2) is 13.2. The molecule has 0 radical (unpaired) electrons. The van der Waals surface area contributed by atoms with E-state index in [0.717, 1.165) is 23.1 Å². The number of benzene rings is 3. The summed E-state index contributed by atoms with van der Waals surface area (Å²) >= 11 is 0. The molecule has 2 aliphatic heterocycles. The second-order valence-corrected chi connectivity index (χ2v) is 11.0. The molecule has 3 aromatic carbocycles. The monoisotopic (exact) mass is 579 g/mol. The molecular formula is C33H41NO8. The van der Waals surface area contributed by atoms with Crippen LogP contribution in [0.15, 0.2) is 48.5 Å². The van der Waals surface area contributed by atoms with Crippen LogP contribution in [-0.4, -0.2) is 63.0 Å². The van der Waals surface area contributed by atoms with Crippen LogP contribution in [-0.2, 0) is 17.7 Å². The van der Waals surface area contributed by atoms with Gasteiger partial charge in [0.25, 0.3) is 0 Å². The van der Waals surface area contributed by atoms with Gasteiger partial charge in [-0.3, -0.25) is 0 Å². The fourth-order valence-electron chi connectivity index (χ4n) is 6.35. The molecule has 226 valence electrons. The highest BCUT2D eigenvalue weighted by atomic mass is 16.5. The van der Waals surface area contributed by atoms with Gasteiger partial charge in [0.2, 0.25) is 0 Å². The maximum absolute atomic E-state index is 11.9. The largest absolute Gasteiger partial charge is 0.508 e. The minimum atomic E-state index is -0.938. The lowest BCUT2D eigenvalue weighted by Gasteiger charge is -2.45. The van der Waals surface area contributed by atoms with Gasteiger partial charge < -0.3 is 44.3 Å². The highest BCUT2D eigenvalue weighted by molar-refractivity contribution is 5.52. The summed E-state index contributed by atoms with van der Waals surface area (Å²) in [5, 5.41) is 36.9. The summed E-state index contributed by atoms with van der Waals surface area (Å²) in [5.74, 6) is 1.74. The predicted octanol–water partition coefficient (Wildman–Crippen LogP) is 4.30. The fourth-order valence-corrected chi connectivity index (χ4v) is 6.35. The zero-order chi connectivity index (χ0) is 29.8. The summed E-state index contributed by atoms with van der Waals surface area (Å²) < 4.78 is 29.5. The molecular weight excluding hydrogens is 538 g/mol. The van der Waals surface area contributed by atoms with Crippen LogP contribution in [0.4, 0.5) is 0 Å². The number of aliphatic hydroxyl groups is 2. The fraction of sp³-hybridized carbons (Fsp3) is 0.455. The van der Waals surface area contributed by atoms with Gasteiger partial charge >= 0.3 is 0 Å². The van der Waals surface area contributed by atoms with Gasteiger partial charge in [0.15, 0.2) is 0 Å². The summed E-state index contributed by atoms with van der Waals surface area (Å²) in [6.45, 7) is 1.35. The third-order valence-electron chi connectivity index (χ3n) is 8.36. The van der Waals surface area contributed by atoms with Crippen LogP contribution in [0, 0.1) is 11.8 Å². The Labute approximate surface area is 247 Å². The van der Waals surface area contributed by atoms with E-state index >= 15 is 0 Å². The minimum absolute atomic E-state index is 0.186. The van der Waals surface area contributed by atoms with Crippen molar-refractivity contribution in [2.24, 2.45) is 11.8 Å². The molecule has 5 atom stereocenters. The topological polar surface area (TPSA) is 119 Å². The van der Waals surface area contributed by atoms with Gasteiger partial charge in [0.1, 0.15) is 34.9 Å². The molecule has 0 amide bonds. The molecule has 2 aliphatic rings. The first kappa shape index (κ1) is 30.0. The zero-order valence-corrected chi connectivity index (χ0v) is 24.6. The van der Waals surface area contributed by atoms with Crippen molar-refractivity contribution in [2.45, 2.75) is 44.1 Å². The zero-order valence-electron chi connectivity index (χ0n) is 24.6. The first-order valence-electron chi connectivity index (χ1n) is 14.4. The Bertz CT molecular complexity index is 1380. The summed E-state index contributed by atoms with van der Waals surface area (Å²) in [7, 11) is 6.73. The lowest BCUT2D eigenvalue weighted by Crippen LogP contribution is -2.46. The summed E-state index contributed by atoms with van der Waals surface area (Å²) in [6, 6.07) is 14.5. The third-order valence-corrected chi connectivity index (χ3v) is 8.36. The Kier molecular flexibility index (Phi) is 9.43. The van der Waals surface area contributed by atoms with Gasteiger partial charge in [-0.1, -0.05) is 12.1 Å². The van der Waals surface area contributed by atoms with Crippen LogP contribution in [0.5, 0.6) is 28.7 Å². The number of nitrogens with one attached hydrogen (secondary N) is 1. The molecule has 9 nitrogen and oxygen atoms in total. The van der Waals surface area contributed by atoms with E-state index in [1.165, 1.54) is 0 Å². The van der Waals surface area contributed by atoms with E-state index in [2.05, 4.69) is 5.32 Å².